The molecule has 0 radical (unpaired) electrons. The van der Waals surface area contributed by atoms with E-state index in [0.29, 0.717) is 12.8 Å². The molecule has 0 saturated heterocycles. The lowest BCUT2D eigenvalue weighted by Crippen LogP contribution is -2.19. The number of Topliss-reactive ketones (excluding diaryl/α,β-unsaturated/α-hetero) is 1. The number of aliphatic hydroxyl groups is 1. The van der Waals surface area contributed by atoms with Gasteiger partial charge in [-0.1, -0.05) is 13.0 Å². The van der Waals surface area contributed by atoms with Crippen LogP contribution >= 0.6 is 11.3 Å². The Balaban J connectivity index is 2.31. The van der Waals surface area contributed by atoms with E-state index in [0.717, 1.165) is 6.42 Å². The Morgan fingerprint density at radius 2 is 2.46 bits per heavy atom. The van der Waals surface area contributed by atoms with Crippen LogP contribution in [0.4, 0.5) is 0 Å². The quantitative estimate of drug-likeness (QED) is 0.786. The van der Waals surface area contributed by atoms with E-state index < -0.39 is 6.10 Å². The summed E-state index contributed by atoms with van der Waals surface area (Å²) < 4.78 is 0. The summed E-state index contributed by atoms with van der Waals surface area (Å²) in [6, 6.07) is 3.98. The summed E-state index contributed by atoms with van der Waals surface area (Å²) in [6.07, 6.45) is 0.965. The van der Waals surface area contributed by atoms with Crippen molar-refractivity contribution in [3.8, 4) is 0 Å². The van der Waals surface area contributed by atoms with Gasteiger partial charge in [0.1, 0.15) is 6.10 Å². The molecule has 1 atom stereocenters. The van der Waals surface area contributed by atoms with Crippen LogP contribution in [0.15, 0.2) is 17.5 Å². The molecule has 1 aromatic heterocycles. The third kappa shape index (κ3) is 3.28. The van der Waals surface area contributed by atoms with Crippen molar-refractivity contribution >= 4 is 17.1 Å². The third-order valence-electron chi connectivity index (χ3n) is 1.96. The molecule has 0 aliphatic carbocycles. The number of carbonyl (C=O) groups is 1. The maximum Gasteiger partial charge on any atom is 0.161 e. The predicted octanol–water partition coefficient (Wildman–Crippen LogP) is 2.02. The van der Waals surface area contributed by atoms with Gasteiger partial charge in [-0.15, -0.1) is 11.3 Å². The highest BCUT2D eigenvalue weighted by Crippen LogP contribution is 2.11. The first-order valence-electron chi connectivity index (χ1n) is 4.47. The van der Waals surface area contributed by atoms with Gasteiger partial charge in [-0.2, -0.15) is 0 Å². The molecule has 2 nitrogen and oxygen atoms in total. The number of thiophene rings is 1. The van der Waals surface area contributed by atoms with Crippen LogP contribution in [0.2, 0.25) is 0 Å². The fourth-order valence-electron chi connectivity index (χ4n) is 1.10. The van der Waals surface area contributed by atoms with Crippen LogP contribution in [0, 0.1) is 0 Å². The first-order valence-corrected chi connectivity index (χ1v) is 5.35. The summed E-state index contributed by atoms with van der Waals surface area (Å²) in [7, 11) is 0. The van der Waals surface area contributed by atoms with E-state index in [1.165, 1.54) is 4.88 Å². The van der Waals surface area contributed by atoms with Gasteiger partial charge in [-0.25, -0.2) is 0 Å². The summed E-state index contributed by atoms with van der Waals surface area (Å²) >= 11 is 1.65. The number of hydrogen-bond acceptors (Lipinski definition) is 3. The molecule has 1 aromatic rings. The average molecular weight is 198 g/mol. The van der Waals surface area contributed by atoms with Gasteiger partial charge in [0.2, 0.25) is 0 Å². The molecule has 1 rings (SSSR count). The largest absolute Gasteiger partial charge is 0.385 e. The Labute approximate surface area is 82.2 Å². The standard InChI is InChI=1S/C10H14O2S/c1-2-9(11)10(12)6-5-8-4-3-7-13-8/h3-4,7,9,11H,2,5-6H2,1H3. The van der Waals surface area contributed by atoms with Crippen LogP contribution in [0.5, 0.6) is 0 Å². The van der Waals surface area contributed by atoms with E-state index in [2.05, 4.69) is 0 Å². The monoisotopic (exact) mass is 198 g/mol. The first-order chi connectivity index (χ1) is 6.24. The maximum absolute atomic E-state index is 11.2. The Bertz CT molecular complexity index is 254. The molecule has 0 fully saturated rings. The lowest BCUT2D eigenvalue weighted by molar-refractivity contribution is -0.127. The van der Waals surface area contributed by atoms with E-state index in [9.17, 15) is 9.90 Å². The molecule has 0 amide bonds. The van der Waals surface area contributed by atoms with Gasteiger partial charge in [0.15, 0.2) is 5.78 Å². The van der Waals surface area contributed by atoms with Gasteiger partial charge in [-0.05, 0) is 24.3 Å². The molecular formula is C10H14O2S. The van der Waals surface area contributed by atoms with Gasteiger partial charge < -0.3 is 5.11 Å². The second-order valence-corrected chi connectivity index (χ2v) is 4.00. The second-order valence-electron chi connectivity index (χ2n) is 2.97. The molecule has 1 unspecified atom stereocenters. The molecule has 0 aromatic carbocycles. The Kier molecular flexibility index (Phi) is 4.12. The predicted molar refractivity (Wildman–Crippen MR) is 53.9 cm³/mol. The van der Waals surface area contributed by atoms with Gasteiger partial charge in [0.25, 0.3) is 0 Å². The molecule has 72 valence electrons. The van der Waals surface area contributed by atoms with Crippen LogP contribution in [-0.4, -0.2) is 17.0 Å². The Hall–Kier alpha value is -0.670. The fraction of sp³-hybridized carbons (Fsp3) is 0.500. The van der Waals surface area contributed by atoms with Gasteiger partial charge in [0, 0.05) is 11.3 Å². The summed E-state index contributed by atoms with van der Waals surface area (Å²) in [6.45, 7) is 1.81. The van der Waals surface area contributed by atoms with E-state index in [1.807, 2.05) is 24.4 Å². The van der Waals surface area contributed by atoms with Crippen molar-refractivity contribution in [2.24, 2.45) is 0 Å². The van der Waals surface area contributed by atoms with Crippen molar-refractivity contribution in [3.63, 3.8) is 0 Å². The van der Waals surface area contributed by atoms with Crippen molar-refractivity contribution in [2.75, 3.05) is 0 Å². The Morgan fingerprint density at radius 1 is 1.69 bits per heavy atom. The second kappa shape index (κ2) is 5.14. The number of aryl methyl sites for hydroxylation is 1. The summed E-state index contributed by atoms with van der Waals surface area (Å²) in [5.74, 6) is -0.0455. The van der Waals surface area contributed by atoms with Gasteiger partial charge in [-0.3, -0.25) is 4.79 Å². The number of rotatable bonds is 5. The van der Waals surface area contributed by atoms with Crippen molar-refractivity contribution in [1.29, 1.82) is 0 Å². The number of ketones is 1. The maximum atomic E-state index is 11.2. The zero-order chi connectivity index (χ0) is 9.68. The van der Waals surface area contributed by atoms with Crippen molar-refractivity contribution in [2.45, 2.75) is 32.3 Å². The molecule has 0 bridgehead atoms. The summed E-state index contributed by atoms with van der Waals surface area (Å²) in [5.41, 5.74) is 0. The lowest BCUT2D eigenvalue weighted by atomic mass is 10.1. The zero-order valence-corrected chi connectivity index (χ0v) is 8.51. The average Bonchev–Trinajstić information content (AvgIpc) is 2.65. The normalized spacial score (nSPS) is 12.8. The Morgan fingerprint density at radius 3 is 3.00 bits per heavy atom. The number of carbonyl (C=O) groups excluding carboxylic acids is 1. The van der Waals surface area contributed by atoms with Crippen LogP contribution in [-0.2, 0) is 11.2 Å². The van der Waals surface area contributed by atoms with Crippen LogP contribution in [0.25, 0.3) is 0 Å². The van der Waals surface area contributed by atoms with Crippen LogP contribution < -0.4 is 0 Å². The highest BCUT2D eigenvalue weighted by atomic mass is 32.1. The van der Waals surface area contributed by atoms with E-state index >= 15 is 0 Å². The highest BCUT2D eigenvalue weighted by molar-refractivity contribution is 7.09. The van der Waals surface area contributed by atoms with Gasteiger partial charge >= 0.3 is 0 Å². The minimum absolute atomic E-state index is 0.0455. The number of hydrogen-bond donors (Lipinski definition) is 1. The molecule has 0 aliphatic rings. The van der Waals surface area contributed by atoms with E-state index in [1.54, 1.807) is 11.3 Å². The van der Waals surface area contributed by atoms with E-state index in [-0.39, 0.29) is 5.78 Å². The molecule has 0 aliphatic heterocycles. The van der Waals surface area contributed by atoms with E-state index in [4.69, 9.17) is 0 Å². The minimum atomic E-state index is -0.764. The molecule has 0 saturated carbocycles. The van der Waals surface area contributed by atoms with Crippen molar-refractivity contribution in [1.82, 2.24) is 0 Å². The topological polar surface area (TPSA) is 37.3 Å². The smallest absolute Gasteiger partial charge is 0.161 e. The molecule has 3 heteroatoms. The molecule has 13 heavy (non-hydrogen) atoms. The van der Waals surface area contributed by atoms with Gasteiger partial charge in [0.05, 0.1) is 0 Å². The lowest BCUT2D eigenvalue weighted by Gasteiger charge is -2.04. The molecule has 0 spiro atoms. The van der Waals surface area contributed by atoms with Crippen LogP contribution in [0.1, 0.15) is 24.6 Å². The highest BCUT2D eigenvalue weighted by Gasteiger charge is 2.11. The fourth-order valence-corrected chi connectivity index (χ4v) is 1.80. The zero-order valence-electron chi connectivity index (χ0n) is 7.69. The summed E-state index contributed by atoms with van der Waals surface area (Å²) in [5, 5.41) is 11.2. The molecule has 1 heterocycles. The minimum Gasteiger partial charge on any atom is -0.385 e. The van der Waals surface area contributed by atoms with Crippen molar-refractivity contribution < 1.29 is 9.90 Å². The SMILES string of the molecule is CCC(O)C(=O)CCc1cccs1. The van der Waals surface area contributed by atoms with Crippen LogP contribution in [0.3, 0.4) is 0 Å². The number of aliphatic hydroxyl groups excluding tert-OH is 1. The molecule has 1 N–H and O–H groups in total. The first kappa shape index (κ1) is 10.4. The third-order valence-corrected chi connectivity index (χ3v) is 2.89. The molecular weight excluding hydrogens is 184 g/mol. The van der Waals surface area contributed by atoms with Crippen molar-refractivity contribution in [3.05, 3.63) is 22.4 Å². The summed E-state index contributed by atoms with van der Waals surface area (Å²) in [4.78, 5) is 12.4.